The van der Waals surface area contributed by atoms with Gasteiger partial charge in [-0.3, -0.25) is 0 Å². The summed E-state index contributed by atoms with van der Waals surface area (Å²) in [6.07, 6.45) is 3.91. The molecule has 0 bridgehead atoms. The van der Waals surface area contributed by atoms with Gasteiger partial charge in [0.1, 0.15) is 5.51 Å². The van der Waals surface area contributed by atoms with E-state index in [1.54, 1.807) is 5.51 Å². The number of rotatable bonds is 2. The number of aromatic nitrogens is 2. The predicted molar refractivity (Wildman–Crippen MR) is 55.3 cm³/mol. The van der Waals surface area contributed by atoms with Crippen molar-refractivity contribution in [2.24, 2.45) is 0 Å². The maximum Gasteiger partial charge on any atom is 0.165 e. The van der Waals surface area contributed by atoms with Crippen LogP contribution < -0.4 is 0 Å². The smallest absolute Gasteiger partial charge is 0.165 e. The van der Waals surface area contributed by atoms with E-state index < -0.39 is 0 Å². The van der Waals surface area contributed by atoms with Gasteiger partial charge in [0.05, 0.1) is 0 Å². The van der Waals surface area contributed by atoms with Crippen LogP contribution in [0.1, 0.15) is 11.4 Å². The second-order valence-electron chi connectivity index (χ2n) is 2.53. The lowest BCUT2D eigenvalue weighted by Gasteiger charge is -1.88. The molecule has 3 heteroatoms. The molecule has 0 saturated carbocycles. The molecule has 0 amide bonds. The predicted octanol–water partition coefficient (Wildman–Crippen LogP) is 2.71. The van der Waals surface area contributed by atoms with Crippen LogP contribution in [-0.4, -0.2) is 9.36 Å². The molecule has 0 aliphatic carbocycles. The van der Waals surface area contributed by atoms with Crippen molar-refractivity contribution in [1.29, 1.82) is 0 Å². The third kappa shape index (κ3) is 2.23. The van der Waals surface area contributed by atoms with E-state index in [1.807, 2.05) is 42.5 Å². The van der Waals surface area contributed by atoms with Gasteiger partial charge in [-0.05, 0) is 23.2 Å². The molecule has 2 rings (SSSR count). The summed E-state index contributed by atoms with van der Waals surface area (Å²) in [5.74, 6) is 0.772. The summed E-state index contributed by atoms with van der Waals surface area (Å²) in [6.45, 7) is 0. The number of hydrogen-bond donors (Lipinski definition) is 0. The third-order valence-corrected chi connectivity index (χ3v) is 2.09. The minimum absolute atomic E-state index is 0.772. The van der Waals surface area contributed by atoms with E-state index in [0.29, 0.717) is 0 Å². The first-order chi connectivity index (χ1) is 6.45. The summed E-state index contributed by atoms with van der Waals surface area (Å²) in [5, 5.41) is 0. The Morgan fingerprint density at radius 1 is 1.08 bits per heavy atom. The highest BCUT2D eigenvalue weighted by Crippen LogP contribution is 2.04. The highest BCUT2D eigenvalue weighted by Gasteiger charge is 1.88. The van der Waals surface area contributed by atoms with Gasteiger partial charge in [0.2, 0.25) is 0 Å². The topological polar surface area (TPSA) is 25.8 Å². The third-order valence-electron chi connectivity index (χ3n) is 1.60. The number of benzene rings is 1. The molecule has 0 aliphatic heterocycles. The van der Waals surface area contributed by atoms with Crippen molar-refractivity contribution < 1.29 is 0 Å². The van der Waals surface area contributed by atoms with Gasteiger partial charge >= 0.3 is 0 Å². The van der Waals surface area contributed by atoms with E-state index in [9.17, 15) is 0 Å². The van der Waals surface area contributed by atoms with E-state index in [0.717, 1.165) is 11.4 Å². The molecule has 0 unspecified atom stereocenters. The van der Waals surface area contributed by atoms with E-state index in [2.05, 4.69) is 9.36 Å². The number of nitrogens with zero attached hydrogens (tertiary/aromatic N) is 2. The van der Waals surface area contributed by atoms with Crippen molar-refractivity contribution >= 4 is 23.7 Å². The van der Waals surface area contributed by atoms with E-state index >= 15 is 0 Å². The lowest BCUT2D eigenvalue weighted by Crippen LogP contribution is -1.73. The van der Waals surface area contributed by atoms with Crippen LogP contribution in [0.15, 0.2) is 35.8 Å². The van der Waals surface area contributed by atoms with Gasteiger partial charge < -0.3 is 0 Å². The zero-order valence-corrected chi connectivity index (χ0v) is 7.74. The minimum Gasteiger partial charge on any atom is -0.224 e. The minimum atomic E-state index is 0.772. The monoisotopic (exact) mass is 188 g/mol. The van der Waals surface area contributed by atoms with Gasteiger partial charge in [-0.2, -0.15) is 4.37 Å². The standard InChI is InChI=1S/C10H8N2S/c1-2-4-9(5-3-1)6-7-10-11-8-13-12-10/h1-8H/b7-6+. The second-order valence-corrected chi connectivity index (χ2v) is 3.14. The maximum absolute atomic E-state index is 4.08. The molecule has 64 valence electrons. The van der Waals surface area contributed by atoms with Crippen LogP contribution in [-0.2, 0) is 0 Å². The molecule has 0 radical (unpaired) electrons. The molecule has 1 heterocycles. The van der Waals surface area contributed by atoms with Gasteiger partial charge in [-0.15, -0.1) is 0 Å². The van der Waals surface area contributed by atoms with Crippen LogP contribution in [0.4, 0.5) is 0 Å². The molecule has 0 atom stereocenters. The van der Waals surface area contributed by atoms with E-state index in [1.165, 1.54) is 11.5 Å². The maximum atomic E-state index is 4.08. The summed E-state index contributed by atoms with van der Waals surface area (Å²) in [7, 11) is 0. The Labute approximate surface area is 80.7 Å². The molecule has 0 spiro atoms. The van der Waals surface area contributed by atoms with Crippen molar-refractivity contribution in [3.05, 3.63) is 47.2 Å². The highest BCUT2D eigenvalue weighted by molar-refractivity contribution is 7.03. The fourth-order valence-electron chi connectivity index (χ4n) is 0.987. The lowest BCUT2D eigenvalue weighted by molar-refractivity contribution is 1.29. The zero-order chi connectivity index (χ0) is 8.93. The summed E-state index contributed by atoms with van der Waals surface area (Å²) in [4.78, 5) is 4.05. The van der Waals surface area contributed by atoms with Gasteiger partial charge in [0.15, 0.2) is 5.82 Å². The molecular formula is C10H8N2S. The molecule has 2 aromatic rings. The molecule has 1 aromatic heterocycles. The van der Waals surface area contributed by atoms with Crippen molar-refractivity contribution in [2.75, 3.05) is 0 Å². The molecule has 0 aliphatic rings. The Bertz CT molecular complexity index is 379. The van der Waals surface area contributed by atoms with Crippen molar-refractivity contribution in [1.82, 2.24) is 9.36 Å². The zero-order valence-electron chi connectivity index (χ0n) is 6.92. The molecular weight excluding hydrogens is 180 g/mol. The SMILES string of the molecule is C(=C\c1ncsn1)/c1ccccc1. The van der Waals surface area contributed by atoms with Crippen LogP contribution in [0.5, 0.6) is 0 Å². The van der Waals surface area contributed by atoms with Crippen LogP contribution in [0, 0.1) is 0 Å². The van der Waals surface area contributed by atoms with Crippen LogP contribution >= 0.6 is 11.5 Å². The Balaban J connectivity index is 2.15. The summed E-state index contributed by atoms with van der Waals surface area (Å²) in [5.41, 5.74) is 2.89. The van der Waals surface area contributed by atoms with Crippen molar-refractivity contribution in [3.63, 3.8) is 0 Å². The summed E-state index contributed by atoms with van der Waals surface area (Å²) in [6, 6.07) is 10.1. The fourth-order valence-corrected chi connectivity index (χ4v) is 1.41. The molecule has 13 heavy (non-hydrogen) atoms. The summed E-state index contributed by atoms with van der Waals surface area (Å²) >= 11 is 1.36. The van der Waals surface area contributed by atoms with E-state index in [-0.39, 0.29) is 0 Å². The van der Waals surface area contributed by atoms with Gasteiger partial charge in [-0.25, -0.2) is 4.98 Å². The lowest BCUT2D eigenvalue weighted by atomic mass is 10.2. The number of hydrogen-bond acceptors (Lipinski definition) is 3. The van der Waals surface area contributed by atoms with Crippen molar-refractivity contribution in [2.45, 2.75) is 0 Å². The summed E-state index contributed by atoms with van der Waals surface area (Å²) < 4.78 is 4.08. The fraction of sp³-hybridized carbons (Fsp3) is 0. The highest BCUT2D eigenvalue weighted by atomic mass is 32.1. The molecule has 0 fully saturated rings. The van der Waals surface area contributed by atoms with Crippen LogP contribution in [0.2, 0.25) is 0 Å². The molecule has 0 N–H and O–H groups in total. The normalized spacial score (nSPS) is 10.8. The molecule has 2 nitrogen and oxygen atoms in total. The molecule has 1 aromatic carbocycles. The average molecular weight is 188 g/mol. The van der Waals surface area contributed by atoms with E-state index in [4.69, 9.17) is 0 Å². The second kappa shape index (κ2) is 3.96. The Morgan fingerprint density at radius 3 is 2.62 bits per heavy atom. The first-order valence-corrected chi connectivity index (χ1v) is 4.78. The average Bonchev–Trinajstić information content (AvgIpc) is 2.69. The Kier molecular flexibility index (Phi) is 2.48. The quantitative estimate of drug-likeness (QED) is 0.724. The first kappa shape index (κ1) is 8.13. The molecule has 0 saturated heterocycles. The van der Waals surface area contributed by atoms with Crippen molar-refractivity contribution in [3.8, 4) is 0 Å². The van der Waals surface area contributed by atoms with Gasteiger partial charge in [-0.1, -0.05) is 36.4 Å². The Hall–Kier alpha value is -1.48. The van der Waals surface area contributed by atoms with Crippen LogP contribution in [0.3, 0.4) is 0 Å². The Morgan fingerprint density at radius 2 is 1.92 bits per heavy atom. The van der Waals surface area contributed by atoms with Crippen LogP contribution in [0.25, 0.3) is 12.2 Å². The largest absolute Gasteiger partial charge is 0.224 e. The first-order valence-electron chi connectivity index (χ1n) is 3.95. The van der Waals surface area contributed by atoms with Gasteiger partial charge in [0, 0.05) is 0 Å². The van der Waals surface area contributed by atoms with Gasteiger partial charge in [0.25, 0.3) is 0 Å².